The van der Waals surface area contributed by atoms with Crippen molar-refractivity contribution < 1.29 is 0 Å². The van der Waals surface area contributed by atoms with Crippen LogP contribution in [0.1, 0.15) is 29.2 Å². The van der Waals surface area contributed by atoms with E-state index in [-0.39, 0.29) is 5.92 Å². The van der Waals surface area contributed by atoms with Crippen molar-refractivity contribution in [3.63, 3.8) is 0 Å². The fraction of sp³-hybridized carbons (Fsp3) is 0.0714. The normalized spacial score (nSPS) is 16.3. The summed E-state index contributed by atoms with van der Waals surface area (Å²) in [6.45, 7) is 0. The standard InChI is InChI=1S/C28H21N3/c1-3-9-20(10-4-1)26-16-24(17-27(29-26)21-11-5-2-6-12-21)28-18-25-15-22-13-7-8-14-23(22)19-31(25)30-28/h1-16,18-19,24H,17H2. The molecule has 5 aromatic rings. The van der Waals surface area contributed by atoms with Crippen LogP contribution in [0.15, 0.2) is 114 Å². The van der Waals surface area contributed by atoms with Crippen molar-refractivity contribution in [1.82, 2.24) is 9.61 Å². The molecule has 0 saturated heterocycles. The molecule has 3 nitrogen and oxygen atoms in total. The molecule has 0 aliphatic carbocycles. The molecule has 1 aliphatic heterocycles. The molecule has 148 valence electrons. The number of nitrogens with zero attached hydrogens (tertiary/aromatic N) is 3. The molecule has 0 saturated carbocycles. The van der Waals surface area contributed by atoms with E-state index in [4.69, 9.17) is 10.1 Å². The summed E-state index contributed by atoms with van der Waals surface area (Å²) in [4.78, 5) is 5.04. The first kappa shape index (κ1) is 17.8. The van der Waals surface area contributed by atoms with E-state index in [0.717, 1.165) is 34.6 Å². The lowest BCUT2D eigenvalue weighted by molar-refractivity contribution is 0.803. The highest BCUT2D eigenvalue weighted by atomic mass is 15.2. The van der Waals surface area contributed by atoms with Crippen molar-refractivity contribution in [2.45, 2.75) is 12.3 Å². The lowest BCUT2D eigenvalue weighted by Crippen LogP contribution is -2.12. The van der Waals surface area contributed by atoms with Gasteiger partial charge in [-0.1, -0.05) is 84.9 Å². The van der Waals surface area contributed by atoms with E-state index in [0.29, 0.717) is 0 Å². The van der Waals surface area contributed by atoms with Crippen LogP contribution in [0.2, 0.25) is 0 Å². The fourth-order valence-electron chi connectivity index (χ4n) is 4.33. The quantitative estimate of drug-likeness (QED) is 0.340. The molecule has 0 bridgehead atoms. The van der Waals surface area contributed by atoms with Gasteiger partial charge in [0.2, 0.25) is 0 Å². The Bertz CT molecular complexity index is 1390. The highest BCUT2D eigenvalue weighted by Crippen LogP contribution is 2.33. The zero-order valence-electron chi connectivity index (χ0n) is 17.0. The third-order valence-corrected chi connectivity index (χ3v) is 5.93. The van der Waals surface area contributed by atoms with Crippen LogP contribution in [-0.4, -0.2) is 15.3 Å². The maximum atomic E-state index is 5.04. The molecule has 1 unspecified atom stereocenters. The van der Waals surface area contributed by atoms with Crippen molar-refractivity contribution in [3.05, 3.63) is 126 Å². The highest BCUT2D eigenvalue weighted by molar-refractivity contribution is 6.05. The maximum Gasteiger partial charge on any atom is 0.0708 e. The molecule has 2 aromatic heterocycles. The Morgan fingerprint density at radius 1 is 0.710 bits per heavy atom. The molecule has 1 aliphatic rings. The van der Waals surface area contributed by atoms with Gasteiger partial charge >= 0.3 is 0 Å². The van der Waals surface area contributed by atoms with Crippen molar-refractivity contribution in [2.75, 3.05) is 0 Å². The molecule has 0 spiro atoms. The minimum absolute atomic E-state index is 0.172. The van der Waals surface area contributed by atoms with Crippen LogP contribution in [0.3, 0.4) is 0 Å². The summed E-state index contributed by atoms with van der Waals surface area (Å²) in [5.41, 5.74) is 6.62. The van der Waals surface area contributed by atoms with Crippen molar-refractivity contribution in [3.8, 4) is 0 Å². The van der Waals surface area contributed by atoms with Gasteiger partial charge in [-0.15, -0.1) is 0 Å². The first-order chi connectivity index (χ1) is 15.3. The molecule has 1 atom stereocenters. The van der Waals surface area contributed by atoms with Gasteiger partial charge in [-0.05, 0) is 34.7 Å². The van der Waals surface area contributed by atoms with Gasteiger partial charge in [0.15, 0.2) is 0 Å². The summed E-state index contributed by atoms with van der Waals surface area (Å²) in [7, 11) is 0. The Labute approximate surface area is 181 Å². The van der Waals surface area contributed by atoms with E-state index >= 15 is 0 Å². The minimum atomic E-state index is 0.172. The van der Waals surface area contributed by atoms with Crippen molar-refractivity contribution >= 4 is 27.7 Å². The second kappa shape index (κ2) is 7.37. The second-order valence-corrected chi connectivity index (χ2v) is 7.99. The van der Waals surface area contributed by atoms with Gasteiger partial charge < -0.3 is 0 Å². The molecule has 0 amide bonds. The molecule has 31 heavy (non-hydrogen) atoms. The lowest BCUT2D eigenvalue weighted by Gasteiger charge is -2.20. The number of hydrogen-bond donors (Lipinski definition) is 0. The van der Waals surface area contributed by atoms with Crippen LogP contribution in [0, 0.1) is 0 Å². The third-order valence-electron chi connectivity index (χ3n) is 5.93. The number of fused-ring (bicyclic) bond motifs is 2. The predicted octanol–water partition coefficient (Wildman–Crippen LogP) is 6.51. The van der Waals surface area contributed by atoms with Gasteiger partial charge in [-0.2, -0.15) is 5.10 Å². The van der Waals surface area contributed by atoms with Crippen molar-refractivity contribution in [2.24, 2.45) is 4.99 Å². The van der Waals surface area contributed by atoms with E-state index < -0.39 is 0 Å². The van der Waals surface area contributed by atoms with Gasteiger partial charge in [0.25, 0.3) is 0 Å². The molecule has 6 rings (SSSR count). The molecule has 3 heterocycles. The van der Waals surface area contributed by atoms with E-state index in [2.05, 4.69) is 97.2 Å². The molecule has 0 N–H and O–H groups in total. The average molecular weight is 399 g/mol. The Morgan fingerprint density at radius 2 is 1.39 bits per heavy atom. The first-order valence-corrected chi connectivity index (χ1v) is 10.6. The van der Waals surface area contributed by atoms with E-state index in [1.54, 1.807) is 0 Å². The molecule has 0 fully saturated rings. The van der Waals surface area contributed by atoms with Crippen LogP contribution in [-0.2, 0) is 0 Å². The Balaban J connectivity index is 1.47. The van der Waals surface area contributed by atoms with E-state index in [1.165, 1.54) is 16.3 Å². The number of pyridine rings is 1. The summed E-state index contributed by atoms with van der Waals surface area (Å²) < 4.78 is 2.00. The number of hydrogen-bond acceptors (Lipinski definition) is 2. The Kier molecular flexibility index (Phi) is 4.24. The molecular weight excluding hydrogens is 378 g/mol. The van der Waals surface area contributed by atoms with Gasteiger partial charge in [0, 0.05) is 29.6 Å². The SMILES string of the molecule is C1=C(c2ccccc2)N=C(c2ccccc2)CC1c1cc2cc3ccccc3cn2n1. The van der Waals surface area contributed by atoms with E-state index in [9.17, 15) is 0 Å². The summed E-state index contributed by atoms with van der Waals surface area (Å²) in [6, 6.07) is 33.7. The number of aromatic nitrogens is 2. The largest absolute Gasteiger partial charge is 0.252 e. The van der Waals surface area contributed by atoms with E-state index in [1.807, 2.05) is 16.6 Å². The molecule has 3 aromatic carbocycles. The Hall–Kier alpha value is -3.98. The van der Waals surface area contributed by atoms with Crippen LogP contribution < -0.4 is 0 Å². The summed E-state index contributed by atoms with van der Waals surface area (Å²) in [6.07, 6.45) is 5.22. The zero-order chi connectivity index (χ0) is 20.6. The molecular formula is C28H21N3. The van der Waals surface area contributed by atoms with Gasteiger partial charge in [-0.25, -0.2) is 4.52 Å². The monoisotopic (exact) mass is 399 g/mol. The summed E-state index contributed by atoms with van der Waals surface area (Å²) in [5.74, 6) is 0.172. The average Bonchev–Trinajstić information content (AvgIpc) is 3.26. The number of allylic oxidation sites excluding steroid dienone is 1. The summed E-state index contributed by atoms with van der Waals surface area (Å²) in [5, 5.41) is 7.39. The third kappa shape index (κ3) is 3.34. The van der Waals surface area contributed by atoms with Gasteiger partial charge in [0.1, 0.15) is 0 Å². The van der Waals surface area contributed by atoms with Crippen LogP contribution >= 0.6 is 0 Å². The maximum absolute atomic E-state index is 5.04. The van der Waals surface area contributed by atoms with Crippen LogP contribution in [0.4, 0.5) is 0 Å². The summed E-state index contributed by atoms with van der Waals surface area (Å²) >= 11 is 0. The number of rotatable bonds is 3. The zero-order valence-corrected chi connectivity index (χ0v) is 17.0. The van der Waals surface area contributed by atoms with Crippen LogP contribution in [0.25, 0.3) is 22.0 Å². The Morgan fingerprint density at radius 3 is 2.16 bits per heavy atom. The second-order valence-electron chi connectivity index (χ2n) is 7.99. The first-order valence-electron chi connectivity index (χ1n) is 10.6. The highest BCUT2D eigenvalue weighted by Gasteiger charge is 2.22. The van der Waals surface area contributed by atoms with Crippen LogP contribution in [0.5, 0.6) is 0 Å². The topological polar surface area (TPSA) is 29.7 Å². The minimum Gasteiger partial charge on any atom is -0.252 e. The fourth-order valence-corrected chi connectivity index (χ4v) is 4.33. The predicted molar refractivity (Wildman–Crippen MR) is 127 cm³/mol. The van der Waals surface area contributed by atoms with Gasteiger partial charge in [-0.3, -0.25) is 4.99 Å². The number of benzene rings is 3. The lowest BCUT2D eigenvalue weighted by atomic mass is 9.90. The number of aliphatic imine (C=N–C) groups is 1. The smallest absolute Gasteiger partial charge is 0.0708 e. The molecule has 3 heteroatoms. The van der Waals surface area contributed by atoms with Crippen molar-refractivity contribution in [1.29, 1.82) is 0 Å². The van der Waals surface area contributed by atoms with Gasteiger partial charge in [0.05, 0.1) is 16.9 Å². The molecule has 0 radical (unpaired) electrons.